The first-order chi connectivity index (χ1) is 9.85. The van der Waals surface area contributed by atoms with Gasteiger partial charge in [0.15, 0.2) is 0 Å². The van der Waals surface area contributed by atoms with Crippen LogP contribution in [0.15, 0.2) is 18.2 Å². The molecule has 2 rings (SSSR count). The molecule has 1 unspecified atom stereocenters. The number of rotatable bonds is 2. The van der Waals surface area contributed by atoms with Crippen LogP contribution in [0.1, 0.15) is 51.6 Å². The van der Waals surface area contributed by atoms with Crippen LogP contribution in [0.4, 0.5) is 10.5 Å². The van der Waals surface area contributed by atoms with Crippen molar-refractivity contribution in [3.8, 4) is 5.75 Å². The molecule has 5 nitrogen and oxygen atoms in total. The van der Waals surface area contributed by atoms with Crippen LogP contribution in [0.5, 0.6) is 5.75 Å². The summed E-state index contributed by atoms with van der Waals surface area (Å²) in [5, 5.41) is 16.2. The lowest BCUT2D eigenvalue weighted by atomic mass is 9.96. The van der Waals surface area contributed by atoms with E-state index < -0.39 is 11.7 Å². The van der Waals surface area contributed by atoms with Crippen molar-refractivity contribution in [1.29, 1.82) is 0 Å². The van der Waals surface area contributed by atoms with Crippen LogP contribution >= 0.6 is 0 Å². The normalized spacial score (nSPS) is 19.1. The van der Waals surface area contributed by atoms with Gasteiger partial charge >= 0.3 is 6.09 Å². The second kappa shape index (κ2) is 6.35. The molecule has 1 fully saturated rings. The Bertz CT molecular complexity index is 503. The first kappa shape index (κ1) is 15.6. The van der Waals surface area contributed by atoms with E-state index in [0.29, 0.717) is 5.69 Å². The van der Waals surface area contributed by atoms with Gasteiger partial charge in [0.2, 0.25) is 0 Å². The summed E-state index contributed by atoms with van der Waals surface area (Å²) in [6.07, 6.45) is 2.84. The van der Waals surface area contributed by atoms with E-state index in [1.165, 1.54) is 6.42 Å². The molecule has 1 heterocycles. The van der Waals surface area contributed by atoms with Gasteiger partial charge in [-0.2, -0.15) is 0 Å². The third kappa shape index (κ3) is 4.63. The number of carbonyl (C=O) groups excluding carboxylic acids is 1. The van der Waals surface area contributed by atoms with Crippen molar-refractivity contribution in [3.05, 3.63) is 23.8 Å². The minimum Gasteiger partial charge on any atom is -0.508 e. The van der Waals surface area contributed by atoms with Gasteiger partial charge < -0.3 is 15.2 Å². The maximum absolute atomic E-state index is 11.7. The molecule has 0 radical (unpaired) electrons. The smallest absolute Gasteiger partial charge is 0.412 e. The van der Waals surface area contributed by atoms with Gasteiger partial charge in [0, 0.05) is 23.4 Å². The highest BCUT2D eigenvalue weighted by molar-refractivity contribution is 5.85. The monoisotopic (exact) mass is 292 g/mol. The average Bonchev–Trinajstić information content (AvgIpc) is 2.37. The Morgan fingerprint density at radius 2 is 2.14 bits per heavy atom. The molecule has 1 aromatic carbocycles. The lowest BCUT2D eigenvalue weighted by Crippen LogP contribution is -2.27. The molecule has 5 heteroatoms. The lowest BCUT2D eigenvalue weighted by Gasteiger charge is -2.25. The Hall–Kier alpha value is -1.75. The maximum atomic E-state index is 11.7. The number of piperidine rings is 1. The minimum absolute atomic E-state index is 0.189. The molecule has 1 saturated heterocycles. The summed E-state index contributed by atoms with van der Waals surface area (Å²) in [5.74, 6) is 0.197. The van der Waals surface area contributed by atoms with Gasteiger partial charge in [-0.15, -0.1) is 0 Å². The van der Waals surface area contributed by atoms with Crippen LogP contribution in [-0.2, 0) is 4.74 Å². The van der Waals surface area contributed by atoms with Crippen LogP contribution in [-0.4, -0.2) is 23.3 Å². The second-order valence-corrected chi connectivity index (χ2v) is 6.40. The van der Waals surface area contributed by atoms with E-state index in [4.69, 9.17) is 4.74 Å². The topological polar surface area (TPSA) is 70.6 Å². The third-order valence-corrected chi connectivity index (χ3v) is 3.36. The largest absolute Gasteiger partial charge is 0.508 e. The number of benzene rings is 1. The average molecular weight is 292 g/mol. The zero-order valence-corrected chi connectivity index (χ0v) is 12.9. The van der Waals surface area contributed by atoms with E-state index >= 15 is 0 Å². The highest BCUT2D eigenvalue weighted by atomic mass is 16.6. The molecule has 0 spiro atoms. The van der Waals surface area contributed by atoms with Gasteiger partial charge in [0.1, 0.15) is 11.4 Å². The summed E-state index contributed by atoms with van der Waals surface area (Å²) in [6, 6.07) is 5.39. The zero-order valence-electron chi connectivity index (χ0n) is 12.9. The molecule has 3 N–H and O–H groups in total. The predicted molar refractivity (Wildman–Crippen MR) is 82.6 cm³/mol. The van der Waals surface area contributed by atoms with E-state index in [2.05, 4.69) is 10.6 Å². The lowest BCUT2D eigenvalue weighted by molar-refractivity contribution is 0.0636. The Morgan fingerprint density at radius 1 is 1.38 bits per heavy atom. The number of amides is 1. The van der Waals surface area contributed by atoms with Gasteiger partial charge in [-0.25, -0.2) is 4.79 Å². The fraction of sp³-hybridized carbons (Fsp3) is 0.562. The van der Waals surface area contributed by atoms with Crippen molar-refractivity contribution in [1.82, 2.24) is 5.32 Å². The molecule has 0 aromatic heterocycles. The molecule has 21 heavy (non-hydrogen) atoms. The van der Waals surface area contributed by atoms with Crippen LogP contribution < -0.4 is 10.6 Å². The Balaban J connectivity index is 2.03. The van der Waals surface area contributed by atoms with Gasteiger partial charge in [-0.05, 0) is 46.2 Å². The molecule has 1 amide bonds. The SMILES string of the molecule is CC(C)(C)OC(=O)Nc1ccc(C2CCCCN2)c(O)c1. The molecule has 1 aliphatic heterocycles. The first-order valence-corrected chi connectivity index (χ1v) is 7.41. The molecule has 116 valence electrons. The molecular formula is C16H24N2O3. The molecule has 1 atom stereocenters. The van der Waals surface area contributed by atoms with Crippen molar-refractivity contribution in [2.24, 2.45) is 0 Å². The summed E-state index contributed by atoms with van der Waals surface area (Å²) in [6.45, 7) is 6.40. The van der Waals surface area contributed by atoms with Gasteiger partial charge in [0.05, 0.1) is 0 Å². The Kier molecular flexibility index (Phi) is 4.73. The van der Waals surface area contributed by atoms with E-state index in [1.807, 2.05) is 26.8 Å². The molecule has 0 bridgehead atoms. The number of anilines is 1. The molecule has 0 saturated carbocycles. The molecule has 1 aliphatic rings. The number of aromatic hydroxyl groups is 1. The van der Waals surface area contributed by atoms with E-state index in [-0.39, 0.29) is 11.8 Å². The zero-order chi connectivity index (χ0) is 15.5. The number of nitrogens with one attached hydrogen (secondary N) is 2. The van der Waals surface area contributed by atoms with E-state index in [0.717, 1.165) is 24.9 Å². The second-order valence-electron chi connectivity index (χ2n) is 6.40. The predicted octanol–water partition coefficient (Wildman–Crippen LogP) is 3.55. The Morgan fingerprint density at radius 3 is 2.71 bits per heavy atom. The van der Waals surface area contributed by atoms with Gasteiger partial charge in [-0.1, -0.05) is 12.5 Å². The van der Waals surface area contributed by atoms with Crippen molar-refractivity contribution < 1.29 is 14.6 Å². The minimum atomic E-state index is -0.544. The quantitative estimate of drug-likeness (QED) is 0.779. The summed E-state index contributed by atoms with van der Waals surface area (Å²) in [7, 11) is 0. The number of hydrogen-bond donors (Lipinski definition) is 3. The number of phenols is 1. The van der Waals surface area contributed by atoms with Crippen molar-refractivity contribution >= 4 is 11.8 Å². The van der Waals surface area contributed by atoms with Crippen molar-refractivity contribution in [3.63, 3.8) is 0 Å². The Labute approximate surface area is 125 Å². The van der Waals surface area contributed by atoms with Crippen LogP contribution in [0.25, 0.3) is 0 Å². The summed E-state index contributed by atoms with van der Waals surface area (Å²) in [5.41, 5.74) is 0.865. The highest BCUT2D eigenvalue weighted by Gasteiger charge is 2.19. The summed E-state index contributed by atoms with van der Waals surface area (Å²) < 4.78 is 5.18. The van der Waals surface area contributed by atoms with Crippen LogP contribution in [0.3, 0.4) is 0 Å². The third-order valence-electron chi connectivity index (χ3n) is 3.36. The standard InChI is InChI=1S/C16H24N2O3/c1-16(2,3)21-15(20)18-11-7-8-12(14(19)10-11)13-6-4-5-9-17-13/h7-8,10,13,17,19H,4-6,9H2,1-3H3,(H,18,20). The van der Waals surface area contributed by atoms with Crippen LogP contribution in [0.2, 0.25) is 0 Å². The summed E-state index contributed by atoms with van der Waals surface area (Å²) in [4.78, 5) is 11.7. The van der Waals surface area contributed by atoms with Crippen molar-refractivity contribution in [2.75, 3.05) is 11.9 Å². The number of ether oxygens (including phenoxy) is 1. The van der Waals surface area contributed by atoms with Gasteiger partial charge in [0.25, 0.3) is 0 Å². The molecule has 0 aliphatic carbocycles. The van der Waals surface area contributed by atoms with E-state index in [9.17, 15) is 9.90 Å². The van der Waals surface area contributed by atoms with Crippen molar-refractivity contribution in [2.45, 2.75) is 51.7 Å². The number of hydrogen-bond acceptors (Lipinski definition) is 4. The first-order valence-electron chi connectivity index (χ1n) is 7.41. The van der Waals surface area contributed by atoms with Gasteiger partial charge in [-0.3, -0.25) is 5.32 Å². The van der Waals surface area contributed by atoms with Crippen LogP contribution in [0, 0.1) is 0 Å². The molecule has 1 aromatic rings. The highest BCUT2D eigenvalue weighted by Crippen LogP contribution is 2.31. The summed E-state index contributed by atoms with van der Waals surface area (Å²) >= 11 is 0. The number of carbonyl (C=O) groups is 1. The van der Waals surface area contributed by atoms with E-state index in [1.54, 1.807) is 12.1 Å². The fourth-order valence-corrected chi connectivity index (χ4v) is 2.45. The maximum Gasteiger partial charge on any atom is 0.412 e. The molecular weight excluding hydrogens is 268 g/mol. The number of phenolic OH excluding ortho intramolecular Hbond substituents is 1. The fourth-order valence-electron chi connectivity index (χ4n) is 2.45.